The largest absolute Gasteiger partial charge is 0.497 e. The Balaban J connectivity index is 1.70. The Morgan fingerprint density at radius 1 is 1.14 bits per heavy atom. The Hall–Kier alpha value is -2.60. The van der Waals surface area contributed by atoms with Gasteiger partial charge in [-0.2, -0.15) is 0 Å². The number of piperidine rings is 1. The fraction of sp³-hybridized carbons (Fsp3) is 0.364. The van der Waals surface area contributed by atoms with Gasteiger partial charge in [0.15, 0.2) is 0 Å². The monoisotopic (exact) mass is 395 g/mol. The number of nitrogens with two attached hydrogens (primary N) is 1. The van der Waals surface area contributed by atoms with E-state index in [0.717, 1.165) is 40.1 Å². The molecule has 3 aromatic rings. The van der Waals surface area contributed by atoms with Crippen LogP contribution in [0.2, 0.25) is 0 Å². The lowest BCUT2D eigenvalue weighted by Crippen LogP contribution is -2.47. The molecular formula is C22H25N3O2S. The smallest absolute Gasteiger partial charge is 0.266 e. The van der Waals surface area contributed by atoms with Crippen molar-refractivity contribution < 1.29 is 9.53 Å². The first-order valence-corrected chi connectivity index (χ1v) is 10.5. The zero-order valence-corrected chi connectivity index (χ0v) is 17.3. The lowest BCUT2D eigenvalue weighted by Gasteiger charge is -2.38. The summed E-state index contributed by atoms with van der Waals surface area (Å²) in [6, 6.07) is 12.2. The molecule has 2 N–H and O–H groups in total. The number of hydrogen-bond donors (Lipinski definition) is 1. The number of methoxy groups -OCH3 is 1. The number of nitrogen functional groups attached to an aromatic ring is 1. The minimum Gasteiger partial charge on any atom is -0.497 e. The standard InChI is InChI=1S/C22H25N3O2S/c1-13-5-4-6-14(2)25(13)22(26)20-19(23)17-11-12-18(24-21(17)28-20)15-7-9-16(27-3)10-8-15/h7-14H,4-6,23H2,1-3H3/t13-,14-/m0/s1. The van der Waals surface area contributed by atoms with E-state index in [1.54, 1.807) is 7.11 Å². The van der Waals surface area contributed by atoms with Gasteiger partial charge in [0.2, 0.25) is 0 Å². The van der Waals surface area contributed by atoms with Crippen molar-refractivity contribution in [3.05, 3.63) is 41.3 Å². The zero-order valence-electron chi connectivity index (χ0n) is 16.4. The molecule has 1 fully saturated rings. The molecule has 28 heavy (non-hydrogen) atoms. The van der Waals surface area contributed by atoms with Gasteiger partial charge in [0.05, 0.1) is 18.5 Å². The summed E-state index contributed by atoms with van der Waals surface area (Å²) in [5.74, 6) is 0.842. The first-order valence-electron chi connectivity index (χ1n) is 9.65. The van der Waals surface area contributed by atoms with Crippen molar-refractivity contribution in [3.8, 4) is 17.0 Å². The van der Waals surface area contributed by atoms with Crippen LogP contribution in [0.4, 0.5) is 5.69 Å². The number of carbonyl (C=O) groups is 1. The number of pyridine rings is 1. The second kappa shape index (κ2) is 7.43. The van der Waals surface area contributed by atoms with Gasteiger partial charge in [0.1, 0.15) is 15.5 Å². The number of fused-ring (bicyclic) bond motifs is 1. The third-order valence-corrected chi connectivity index (χ3v) is 6.71. The Bertz CT molecular complexity index is 1000. The molecule has 5 nitrogen and oxygen atoms in total. The molecule has 1 saturated heterocycles. The highest BCUT2D eigenvalue weighted by Gasteiger charge is 2.32. The second-order valence-electron chi connectivity index (χ2n) is 7.46. The van der Waals surface area contributed by atoms with Crippen molar-refractivity contribution in [2.45, 2.75) is 45.2 Å². The SMILES string of the molecule is COc1ccc(-c2ccc3c(N)c(C(=O)N4[C@@H](C)CCC[C@@H]4C)sc3n2)cc1. The molecule has 0 radical (unpaired) electrons. The number of carbonyl (C=O) groups excluding carboxylic acids is 1. The molecule has 0 bridgehead atoms. The minimum atomic E-state index is 0.0335. The van der Waals surface area contributed by atoms with E-state index in [9.17, 15) is 4.79 Å². The lowest BCUT2D eigenvalue weighted by atomic mass is 9.97. The maximum atomic E-state index is 13.3. The van der Waals surface area contributed by atoms with E-state index in [2.05, 4.69) is 13.8 Å². The number of ether oxygens (including phenoxy) is 1. The van der Waals surface area contributed by atoms with Crippen molar-refractivity contribution in [2.75, 3.05) is 12.8 Å². The summed E-state index contributed by atoms with van der Waals surface area (Å²) >= 11 is 1.39. The predicted molar refractivity (Wildman–Crippen MR) is 115 cm³/mol. The van der Waals surface area contributed by atoms with E-state index < -0.39 is 0 Å². The van der Waals surface area contributed by atoms with Crippen molar-refractivity contribution in [3.63, 3.8) is 0 Å². The molecule has 1 amide bonds. The van der Waals surface area contributed by atoms with Crippen LogP contribution in [0.15, 0.2) is 36.4 Å². The fourth-order valence-corrected chi connectivity index (χ4v) is 5.06. The molecule has 0 saturated carbocycles. The summed E-state index contributed by atoms with van der Waals surface area (Å²) < 4.78 is 5.22. The van der Waals surface area contributed by atoms with E-state index in [0.29, 0.717) is 10.6 Å². The van der Waals surface area contributed by atoms with Crippen LogP contribution < -0.4 is 10.5 Å². The van der Waals surface area contributed by atoms with Gasteiger partial charge in [-0.05, 0) is 69.5 Å². The van der Waals surface area contributed by atoms with Gasteiger partial charge in [-0.1, -0.05) is 0 Å². The number of nitrogens with zero attached hydrogens (tertiary/aromatic N) is 2. The molecule has 4 rings (SSSR count). The molecule has 2 aromatic heterocycles. The third kappa shape index (κ3) is 3.22. The highest BCUT2D eigenvalue weighted by molar-refractivity contribution is 7.21. The number of anilines is 1. The van der Waals surface area contributed by atoms with Crippen LogP contribution in [-0.4, -0.2) is 35.0 Å². The van der Waals surface area contributed by atoms with Crippen LogP contribution in [0.25, 0.3) is 21.5 Å². The molecule has 0 aliphatic carbocycles. The normalized spacial score (nSPS) is 19.8. The molecule has 6 heteroatoms. The Morgan fingerprint density at radius 3 is 2.46 bits per heavy atom. The highest BCUT2D eigenvalue weighted by Crippen LogP contribution is 2.37. The average molecular weight is 396 g/mol. The van der Waals surface area contributed by atoms with Crippen molar-refractivity contribution in [2.24, 2.45) is 0 Å². The summed E-state index contributed by atoms with van der Waals surface area (Å²) in [6.45, 7) is 4.24. The first kappa shape index (κ1) is 18.7. The maximum Gasteiger partial charge on any atom is 0.266 e. The molecule has 0 spiro atoms. The minimum absolute atomic E-state index is 0.0335. The molecule has 146 valence electrons. The summed E-state index contributed by atoms with van der Waals surface area (Å²) in [7, 11) is 1.65. The number of thiophene rings is 1. The maximum absolute atomic E-state index is 13.3. The molecule has 2 atom stereocenters. The number of amides is 1. The van der Waals surface area contributed by atoms with Crippen molar-refractivity contribution in [1.29, 1.82) is 0 Å². The molecule has 0 unspecified atom stereocenters. The van der Waals surface area contributed by atoms with Gasteiger partial charge in [0, 0.05) is 23.0 Å². The fourth-order valence-electron chi connectivity index (χ4n) is 4.02. The summed E-state index contributed by atoms with van der Waals surface area (Å²) in [6.07, 6.45) is 3.25. The number of aromatic nitrogens is 1. The Kier molecular flexibility index (Phi) is 4.98. The number of hydrogen-bond acceptors (Lipinski definition) is 5. The van der Waals surface area contributed by atoms with Crippen molar-refractivity contribution >= 4 is 33.1 Å². The predicted octanol–water partition coefficient (Wildman–Crippen LogP) is 4.96. The van der Waals surface area contributed by atoms with E-state index in [-0.39, 0.29) is 18.0 Å². The quantitative estimate of drug-likeness (QED) is 0.681. The van der Waals surface area contributed by atoms with E-state index in [1.165, 1.54) is 17.8 Å². The Labute approximate surface area is 169 Å². The Morgan fingerprint density at radius 2 is 1.82 bits per heavy atom. The van der Waals surface area contributed by atoms with Crippen LogP contribution >= 0.6 is 11.3 Å². The number of rotatable bonds is 3. The number of benzene rings is 1. The van der Waals surface area contributed by atoms with Crippen LogP contribution in [0.3, 0.4) is 0 Å². The van der Waals surface area contributed by atoms with Gasteiger partial charge in [-0.25, -0.2) is 4.98 Å². The number of likely N-dealkylation sites (tertiary alicyclic amines) is 1. The highest BCUT2D eigenvalue weighted by atomic mass is 32.1. The molecular weight excluding hydrogens is 370 g/mol. The van der Waals surface area contributed by atoms with E-state index in [1.807, 2.05) is 41.3 Å². The van der Waals surface area contributed by atoms with E-state index in [4.69, 9.17) is 15.5 Å². The molecule has 1 aromatic carbocycles. The third-order valence-electron chi connectivity index (χ3n) is 5.60. The summed E-state index contributed by atoms with van der Waals surface area (Å²) in [4.78, 5) is 21.4. The van der Waals surface area contributed by atoms with Crippen LogP contribution in [-0.2, 0) is 0 Å². The van der Waals surface area contributed by atoms with Gasteiger partial charge < -0.3 is 15.4 Å². The molecule has 1 aliphatic heterocycles. The van der Waals surface area contributed by atoms with Gasteiger partial charge >= 0.3 is 0 Å². The van der Waals surface area contributed by atoms with Crippen LogP contribution in [0.1, 0.15) is 42.8 Å². The topological polar surface area (TPSA) is 68.5 Å². The summed E-state index contributed by atoms with van der Waals surface area (Å²) in [5.41, 5.74) is 8.77. The van der Waals surface area contributed by atoms with Gasteiger partial charge in [-0.15, -0.1) is 11.3 Å². The molecule has 3 heterocycles. The van der Waals surface area contributed by atoms with Crippen LogP contribution in [0, 0.1) is 0 Å². The van der Waals surface area contributed by atoms with Crippen molar-refractivity contribution in [1.82, 2.24) is 9.88 Å². The molecule has 1 aliphatic rings. The average Bonchev–Trinajstić information content (AvgIpc) is 3.04. The van der Waals surface area contributed by atoms with E-state index >= 15 is 0 Å². The summed E-state index contributed by atoms with van der Waals surface area (Å²) in [5, 5.41) is 0.850. The van der Waals surface area contributed by atoms with Gasteiger partial charge in [0.25, 0.3) is 5.91 Å². The van der Waals surface area contributed by atoms with Crippen LogP contribution in [0.5, 0.6) is 5.75 Å². The second-order valence-corrected chi connectivity index (χ2v) is 8.46. The first-order chi connectivity index (χ1) is 13.5. The zero-order chi connectivity index (χ0) is 19.8. The lowest BCUT2D eigenvalue weighted by molar-refractivity contribution is 0.0517. The van der Waals surface area contributed by atoms with Gasteiger partial charge in [-0.3, -0.25) is 4.79 Å².